The van der Waals surface area contributed by atoms with Gasteiger partial charge in [0.25, 0.3) is 0 Å². The van der Waals surface area contributed by atoms with E-state index in [9.17, 15) is 20.0 Å². The van der Waals surface area contributed by atoms with Crippen molar-refractivity contribution in [1.29, 1.82) is 0 Å². The summed E-state index contributed by atoms with van der Waals surface area (Å²) in [5, 5.41) is 21.4. The molecule has 27 heavy (non-hydrogen) atoms. The van der Waals surface area contributed by atoms with E-state index in [1.807, 2.05) is 0 Å². The zero-order chi connectivity index (χ0) is 20.2. The van der Waals surface area contributed by atoms with E-state index in [4.69, 9.17) is 0 Å². The number of aliphatic hydroxyl groups is 1. The molecular weight excluding hydrogens is 342 g/mol. The van der Waals surface area contributed by atoms with Crippen LogP contribution in [0.25, 0.3) is 0 Å². The zero-order valence-electron chi connectivity index (χ0n) is 17.4. The summed E-state index contributed by atoms with van der Waals surface area (Å²) in [6.07, 6.45) is 18.1. The summed E-state index contributed by atoms with van der Waals surface area (Å²) in [7, 11) is 0. The summed E-state index contributed by atoms with van der Waals surface area (Å²) < 4.78 is 0. The molecule has 0 aromatic rings. The van der Waals surface area contributed by atoms with Crippen LogP contribution in [0.2, 0.25) is 0 Å². The third-order valence-corrected chi connectivity index (χ3v) is 5.25. The number of hydrogen-bond acceptors (Lipinski definition) is 4. The van der Waals surface area contributed by atoms with Crippen molar-refractivity contribution < 1.29 is 14.8 Å². The van der Waals surface area contributed by atoms with E-state index in [1.54, 1.807) is 12.0 Å². The lowest BCUT2D eigenvalue weighted by atomic mass is 9.98. The van der Waals surface area contributed by atoms with Crippen LogP contribution in [-0.4, -0.2) is 28.1 Å². The molecule has 0 aliphatic rings. The molecule has 0 heterocycles. The van der Waals surface area contributed by atoms with Crippen LogP contribution in [-0.2, 0) is 4.79 Å². The molecule has 0 saturated carbocycles. The van der Waals surface area contributed by atoms with Gasteiger partial charge in [-0.1, -0.05) is 84.0 Å². The molecule has 5 nitrogen and oxygen atoms in total. The predicted octanol–water partition coefficient (Wildman–Crippen LogP) is 6.03. The Labute approximate surface area is 165 Å². The maximum absolute atomic E-state index is 11.2. The van der Waals surface area contributed by atoms with Gasteiger partial charge in [-0.25, -0.2) is 4.79 Å². The third kappa shape index (κ3) is 16.7. The fourth-order valence-corrected chi connectivity index (χ4v) is 3.48. The Balaban J connectivity index is 3.66. The number of rotatable bonds is 20. The minimum Gasteiger partial charge on any atom is -0.386 e. The topological polar surface area (TPSA) is 80.4 Å². The summed E-state index contributed by atoms with van der Waals surface area (Å²) >= 11 is 0. The highest BCUT2D eigenvalue weighted by Gasteiger charge is 2.28. The van der Waals surface area contributed by atoms with Gasteiger partial charge in [-0.2, -0.15) is 0 Å². The number of carbonyl (C=O) groups excluding carboxylic acids is 1. The van der Waals surface area contributed by atoms with Crippen LogP contribution in [0.1, 0.15) is 116 Å². The molecule has 2 atom stereocenters. The molecule has 0 aliphatic carbocycles. The quantitative estimate of drug-likeness (QED) is 0.120. The standard InChI is InChI=1S/C22H41NO4/c1-2-3-4-5-12-15-18-21(23(26)27)22(25)19-16-13-10-8-6-7-9-11-14-17-20-24/h17,21-22,25H,2-16,18-19H2,1H3. The average Bonchev–Trinajstić information content (AvgIpc) is 2.65. The van der Waals surface area contributed by atoms with Crippen molar-refractivity contribution in [3.8, 4) is 0 Å². The number of unbranched alkanes of at least 4 members (excludes halogenated alkanes) is 13. The largest absolute Gasteiger partial charge is 0.386 e. The molecule has 0 saturated heterocycles. The molecule has 158 valence electrons. The van der Waals surface area contributed by atoms with E-state index in [0.29, 0.717) is 12.8 Å². The Hall–Kier alpha value is -1.19. The fraction of sp³-hybridized carbons (Fsp3) is 0.909. The summed E-state index contributed by atoms with van der Waals surface area (Å²) in [6, 6.07) is -0.795. The van der Waals surface area contributed by atoms with Crippen molar-refractivity contribution >= 4 is 5.94 Å². The molecular formula is C22H41NO4. The molecule has 0 aromatic carbocycles. The molecule has 5 heteroatoms. The van der Waals surface area contributed by atoms with Gasteiger partial charge in [0.2, 0.25) is 6.04 Å². The Morgan fingerprint density at radius 2 is 1.33 bits per heavy atom. The van der Waals surface area contributed by atoms with Crippen molar-refractivity contribution in [1.82, 2.24) is 0 Å². The summed E-state index contributed by atoms with van der Waals surface area (Å²) in [5.41, 5.74) is 0. The Morgan fingerprint density at radius 3 is 1.85 bits per heavy atom. The molecule has 0 spiro atoms. The first-order valence-corrected chi connectivity index (χ1v) is 11.1. The molecule has 0 amide bonds. The highest BCUT2D eigenvalue weighted by Crippen LogP contribution is 2.17. The first-order valence-electron chi connectivity index (χ1n) is 11.1. The Kier molecular flexibility index (Phi) is 18.7. The number of allylic oxidation sites excluding steroid dienone is 1. The number of nitrogens with zero attached hydrogens (tertiary/aromatic N) is 1. The van der Waals surface area contributed by atoms with Gasteiger partial charge in [0.05, 0.1) is 0 Å². The molecule has 0 bridgehead atoms. The monoisotopic (exact) mass is 383 g/mol. The van der Waals surface area contributed by atoms with Gasteiger partial charge >= 0.3 is 0 Å². The molecule has 0 radical (unpaired) electrons. The van der Waals surface area contributed by atoms with Gasteiger partial charge < -0.3 is 5.11 Å². The molecule has 1 N–H and O–H groups in total. The van der Waals surface area contributed by atoms with Crippen molar-refractivity contribution in [3.63, 3.8) is 0 Å². The minimum absolute atomic E-state index is 0.281. The van der Waals surface area contributed by atoms with Crippen LogP contribution in [0.4, 0.5) is 0 Å². The molecule has 0 rings (SSSR count). The second kappa shape index (κ2) is 19.6. The van der Waals surface area contributed by atoms with Crippen molar-refractivity contribution in [2.45, 2.75) is 128 Å². The maximum Gasteiger partial charge on any atom is 0.238 e. The smallest absolute Gasteiger partial charge is 0.238 e. The van der Waals surface area contributed by atoms with Gasteiger partial charge in [0, 0.05) is 11.3 Å². The molecule has 0 aliphatic heterocycles. The first kappa shape index (κ1) is 25.8. The zero-order valence-corrected chi connectivity index (χ0v) is 17.4. The Morgan fingerprint density at radius 1 is 0.852 bits per heavy atom. The van der Waals surface area contributed by atoms with Crippen LogP contribution in [0.3, 0.4) is 0 Å². The lowest BCUT2D eigenvalue weighted by molar-refractivity contribution is -0.535. The van der Waals surface area contributed by atoms with Gasteiger partial charge in [0.1, 0.15) is 12.0 Å². The highest BCUT2D eigenvalue weighted by molar-refractivity contribution is 5.44. The first-order chi connectivity index (χ1) is 13.1. The predicted molar refractivity (Wildman–Crippen MR) is 111 cm³/mol. The molecule has 0 fully saturated rings. The van der Waals surface area contributed by atoms with Gasteiger partial charge in [-0.05, 0) is 31.8 Å². The van der Waals surface area contributed by atoms with E-state index >= 15 is 0 Å². The molecule has 0 aromatic heterocycles. The minimum atomic E-state index is -0.804. The van der Waals surface area contributed by atoms with E-state index in [-0.39, 0.29) is 4.92 Å². The highest BCUT2D eigenvalue weighted by atomic mass is 16.6. The van der Waals surface area contributed by atoms with Gasteiger partial charge in [-0.15, -0.1) is 0 Å². The van der Waals surface area contributed by atoms with Crippen LogP contribution in [0.5, 0.6) is 0 Å². The van der Waals surface area contributed by atoms with Crippen molar-refractivity contribution in [2.24, 2.45) is 0 Å². The number of nitro groups is 1. The van der Waals surface area contributed by atoms with Crippen LogP contribution >= 0.6 is 0 Å². The second-order valence-electron chi connectivity index (χ2n) is 7.70. The van der Waals surface area contributed by atoms with E-state index in [0.717, 1.165) is 57.8 Å². The van der Waals surface area contributed by atoms with Gasteiger partial charge in [-0.3, -0.25) is 10.1 Å². The SMILES string of the molecule is CCCCCCCCC(C(O)CCCCCCCCCCC=C=O)[N+](=O)[O-]. The van der Waals surface area contributed by atoms with Crippen LogP contribution < -0.4 is 0 Å². The van der Waals surface area contributed by atoms with Crippen LogP contribution in [0, 0.1) is 10.1 Å². The van der Waals surface area contributed by atoms with Crippen molar-refractivity contribution in [2.75, 3.05) is 0 Å². The fourth-order valence-electron chi connectivity index (χ4n) is 3.48. The van der Waals surface area contributed by atoms with Crippen LogP contribution in [0.15, 0.2) is 6.08 Å². The maximum atomic E-state index is 11.2. The van der Waals surface area contributed by atoms with E-state index in [2.05, 4.69) is 6.92 Å². The third-order valence-electron chi connectivity index (χ3n) is 5.25. The van der Waals surface area contributed by atoms with E-state index in [1.165, 1.54) is 38.5 Å². The normalized spacial score (nSPS) is 13.1. The number of hydrogen-bond donors (Lipinski definition) is 1. The summed E-state index contributed by atoms with van der Waals surface area (Å²) in [4.78, 5) is 21.0. The summed E-state index contributed by atoms with van der Waals surface area (Å²) in [6.45, 7) is 2.18. The van der Waals surface area contributed by atoms with Gasteiger partial charge in [0.15, 0.2) is 0 Å². The second-order valence-corrected chi connectivity index (χ2v) is 7.70. The lowest BCUT2D eigenvalue weighted by Crippen LogP contribution is -2.33. The molecule has 2 unspecified atom stereocenters. The van der Waals surface area contributed by atoms with E-state index < -0.39 is 12.1 Å². The summed E-state index contributed by atoms with van der Waals surface area (Å²) in [5.74, 6) is 1.80. The lowest BCUT2D eigenvalue weighted by Gasteiger charge is -2.16. The van der Waals surface area contributed by atoms with Crippen molar-refractivity contribution in [3.05, 3.63) is 16.2 Å². The average molecular weight is 384 g/mol. The number of aliphatic hydroxyl groups excluding tert-OH is 1. The Bertz CT molecular complexity index is 394.